The molecule has 78 valence electrons. The molecule has 0 radical (unpaired) electrons. The van der Waals surface area contributed by atoms with Crippen molar-refractivity contribution in [3.05, 3.63) is 23.4 Å². The molecule has 0 aliphatic rings. The number of aromatic nitrogens is 1. The third-order valence-corrected chi connectivity index (χ3v) is 2.05. The number of nitrogens with one attached hydrogen (secondary N) is 1. The van der Waals surface area contributed by atoms with Crippen LogP contribution in [0.5, 0.6) is 0 Å². The SMILES string of the molecule is Cc1nc(NC(C)C)ccc1[C@@H](C)N. The minimum atomic E-state index is 0.0515. The van der Waals surface area contributed by atoms with Gasteiger partial charge in [0.2, 0.25) is 0 Å². The first-order valence-electron chi connectivity index (χ1n) is 5.00. The normalized spacial score (nSPS) is 13.0. The van der Waals surface area contributed by atoms with Crippen LogP contribution in [0.2, 0.25) is 0 Å². The van der Waals surface area contributed by atoms with Crippen molar-refractivity contribution in [1.29, 1.82) is 0 Å². The van der Waals surface area contributed by atoms with Crippen LogP contribution in [0.4, 0.5) is 5.82 Å². The van der Waals surface area contributed by atoms with E-state index in [2.05, 4.69) is 24.1 Å². The molecule has 0 aliphatic heterocycles. The maximum absolute atomic E-state index is 5.81. The fourth-order valence-electron chi connectivity index (χ4n) is 1.43. The molecule has 3 N–H and O–H groups in total. The molecule has 3 heteroatoms. The van der Waals surface area contributed by atoms with Crippen LogP contribution in [0.15, 0.2) is 12.1 Å². The van der Waals surface area contributed by atoms with E-state index < -0.39 is 0 Å². The zero-order chi connectivity index (χ0) is 10.7. The molecule has 0 bridgehead atoms. The average Bonchev–Trinajstić information content (AvgIpc) is 2.01. The number of aryl methyl sites for hydroxylation is 1. The lowest BCUT2D eigenvalue weighted by Crippen LogP contribution is -2.13. The van der Waals surface area contributed by atoms with Crippen LogP contribution < -0.4 is 11.1 Å². The molecular formula is C11H19N3. The Labute approximate surface area is 85.7 Å². The van der Waals surface area contributed by atoms with Crippen molar-refractivity contribution in [2.24, 2.45) is 5.73 Å². The average molecular weight is 193 g/mol. The van der Waals surface area contributed by atoms with Gasteiger partial charge in [-0.05, 0) is 39.3 Å². The van der Waals surface area contributed by atoms with E-state index in [-0.39, 0.29) is 6.04 Å². The van der Waals surface area contributed by atoms with Crippen molar-refractivity contribution in [2.45, 2.75) is 39.8 Å². The van der Waals surface area contributed by atoms with E-state index in [0.717, 1.165) is 17.1 Å². The molecule has 14 heavy (non-hydrogen) atoms. The summed E-state index contributed by atoms with van der Waals surface area (Å²) in [5, 5.41) is 3.26. The molecule has 1 aromatic rings. The Morgan fingerprint density at radius 1 is 1.29 bits per heavy atom. The zero-order valence-electron chi connectivity index (χ0n) is 9.33. The van der Waals surface area contributed by atoms with Gasteiger partial charge in [-0.15, -0.1) is 0 Å². The lowest BCUT2D eigenvalue weighted by molar-refractivity contribution is 0.797. The molecule has 1 aromatic heterocycles. The van der Waals surface area contributed by atoms with Crippen molar-refractivity contribution in [1.82, 2.24) is 4.98 Å². The van der Waals surface area contributed by atoms with Crippen molar-refractivity contribution in [3.8, 4) is 0 Å². The lowest BCUT2D eigenvalue weighted by atomic mass is 10.1. The number of hydrogen-bond donors (Lipinski definition) is 2. The number of anilines is 1. The summed E-state index contributed by atoms with van der Waals surface area (Å²) in [6, 6.07) is 4.47. The predicted molar refractivity (Wildman–Crippen MR) is 60.3 cm³/mol. The molecule has 1 heterocycles. The minimum Gasteiger partial charge on any atom is -0.368 e. The molecule has 0 saturated carbocycles. The predicted octanol–water partition coefficient (Wildman–Crippen LogP) is 2.23. The molecule has 0 aliphatic carbocycles. The van der Waals surface area contributed by atoms with Crippen molar-refractivity contribution >= 4 is 5.82 Å². The Bertz CT molecular complexity index is 305. The summed E-state index contributed by atoms with van der Waals surface area (Å²) in [4.78, 5) is 4.44. The highest BCUT2D eigenvalue weighted by Crippen LogP contribution is 2.16. The van der Waals surface area contributed by atoms with Gasteiger partial charge in [-0.25, -0.2) is 4.98 Å². The maximum Gasteiger partial charge on any atom is 0.126 e. The lowest BCUT2D eigenvalue weighted by Gasteiger charge is -2.13. The number of nitrogens with zero attached hydrogens (tertiary/aromatic N) is 1. The highest BCUT2D eigenvalue weighted by Gasteiger charge is 2.05. The molecule has 3 nitrogen and oxygen atoms in total. The summed E-state index contributed by atoms with van der Waals surface area (Å²) < 4.78 is 0. The maximum atomic E-state index is 5.81. The fourth-order valence-corrected chi connectivity index (χ4v) is 1.43. The summed E-state index contributed by atoms with van der Waals surface area (Å²) in [5.41, 5.74) is 7.92. The Morgan fingerprint density at radius 2 is 1.93 bits per heavy atom. The molecule has 0 fully saturated rings. The summed E-state index contributed by atoms with van der Waals surface area (Å²) in [6.45, 7) is 8.15. The smallest absolute Gasteiger partial charge is 0.126 e. The number of rotatable bonds is 3. The van der Waals surface area contributed by atoms with E-state index >= 15 is 0 Å². The quantitative estimate of drug-likeness (QED) is 0.774. The molecule has 0 unspecified atom stereocenters. The largest absolute Gasteiger partial charge is 0.368 e. The molecule has 0 amide bonds. The Morgan fingerprint density at radius 3 is 2.36 bits per heavy atom. The van der Waals surface area contributed by atoms with Gasteiger partial charge in [0.25, 0.3) is 0 Å². The third kappa shape index (κ3) is 2.70. The van der Waals surface area contributed by atoms with Gasteiger partial charge < -0.3 is 11.1 Å². The first-order valence-corrected chi connectivity index (χ1v) is 5.00. The van der Waals surface area contributed by atoms with Crippen LogP contribution in [-0.2, 0) is 0 Å². The van der Waals surface area contributed by atoms with Gasteiger partial charge in [-0.3, -0.25) is 0 Å². The highest BCUT2D eigenvalue weighted by atomic mass is 15.0. The van der Waals surface area contributed by atoms with Gasteiger partial charge in [0.05, 0.1) is 0 Å². The van der Waals surface area contributed by atoms with Crippen LogP contribution in [0, 0.1) is 6.92 Å². The molecule has 1 rings (SSSR count). The Kier molecular flexibility index (Phi) is 3.47. The van der Waals surface area contributed by atoms with Crippen LogP contribution in [0.1, 0.15) is 38.1 Å². The monoisotopic (exact) mass is 193 g/mol. The third-order valence-electron chi connectivity index (χ3n) is 2.05. The van der Waals surface area contributed by atoms with Crippen molar-refractivity contribution < 1.29 is 0 Å². The van der Waals surface area contributed by atoms with Gasteiger partial charge in [0.15, 0.2) is 0 Å². The highest BCUT2D eigenvalue weighted by molar-refractivity contribution is 5.39. The fraction of sp³-hybridized carbons (Fsp3) is 0.545. The van der Waals surface area contributed by atoms with Gasteiger partial charge in [-0.1, -0.05) is 6.07 Å². The van der Waals surface area contributed by atoms with E-state index in [0.29, 0.717) is 6.04 Å². The molecule has 0 aromatic carbocycles. The van der Waals surface area contributed by atoms with E-state index in [1.54, 1.807) is 0 Å². The van der Waals surface area contributed by atoms with E-state index in [1.165, 1.54) is 0 Å². The summed E-state index contributed by atoms with van der Waals surface area (Å²) >= 11 is 0. The first-order chi connectivity index (χ1) is 6.50. The Balaban J connectivity index is 2.89. The van der Waals surface area contributed by atoms with Crippen LogP contribution in [-0.4, -0.2) is 11.0 Å². The van der Waals surface area contributed by atoms with Crippen LogP contribution in [0.3, 0.4) is 0 Å². The zero-order valence-corrected chi connectivity index (χ0v) is 9.33. The standard InChI is InChI=1S/C11H19N3/c1-7(2)13-11-6-5-10(8(3)12)9(4)14-11/h5-8H,12H2,1-4H3,(H,13,14)/t8-/m1/s1. The second-order valence-corrected chi connectivity index (χ2v) is 3.96. The van der Waals surface area contributed by atoms with Crippen molar-refractivity contribution in [3.63, 3.8) is 0 Å². The van der Waals surface area contributed by atoms with Crippen molar-refractivity contribution in [2.75, 3.05) is 5.32 Å². The molecular weight excluding hydrogens is 174 g/mol. The second-order valence-electron chi connectivity index (χ2n) is 3.96. The summed E-state index contributed by atoms with van der Waals surface area (Å²) in [7, 11) is 0. The van der Waals surface area contributed by atoms with Gasteiger partial charge >= 0.3 is 0 Å². The van der Waals surface area contributed by atoms with Gasteiger partial charge in [0.1, 0.15) is 5.82 Å². The number of pyridine rings is 1. The van der Waals surface area contributed by atoms with Crippen LogP contribution in [0.25, 0.3) is 0 Å². The number of nitrogens with two attached hydrogens (primary N) is 1. The van der Waals surface area contributed by atoms with Gasteiger partial charge in [0, 0.05) is 17.8 Å². The topological polar surface area (TPSA) is 50.9 Å². The van der Waals surface area contributed by atoms with E-state index in [1.807, 2.05) is 26.0 Å². The molecule has 0 saturated heterocycles. The minimum absolute atomic E-state index is 0.0515. The summed E-state index contributed by atoms with van der Waals surface area (Å²) in [6.07, 6.45) is 0. The first kappa shape index (κ1) is 11.0. The summed E-state index contributed by atoms with van der Waals surface area (Å²) in [5.74, 6) is 0.918. The van der Waals surface area contributed by atoms with Gasteiger partial charge in [-0.2, -0.15) is 0 Å². The second kappa shape index (κ2) is 4.42. The van der Waals surface area contributed by atoms with E-state index in [9.17, 15) is 0 Å². The molecule has 0 spiro atoms. The van der Waals surface area contributed by atoms with E-state index in [4.69, 9.17) is 5.73 Å². The molecule has 1 atom stereocenters. The number of hydrogen-bond acceptors (Lipinski definition) is 3. The van der Waals surface area contributed by atoms with Crippen LogP contribution >= 0.6 is 0 Å². The Hall–Kier alpha value is -1.09.